The van der Waals surface area contributed by atoms with E-state index in [2.05, 4.69) is 34.2 Å². The van der Waals surface area contributed by atoms with E-state index in [9.17, 15) is 0 Å². The van der Waals surface area contributed by atoms with E-state index in [1.807, 2.05) is 0 Å². The van der Waals surface area contributed by atoms with Crippen LogP contribution in [0.5, 0.6) is 0 Å². The van der Waals surface area contributed by atoms with Gasteiger partial charge < -0.3 is 10.1 Å². The Morgan fingerprint density at radius 1 is 1.61 bits per heavy atom. The monoisotopic (exact) mass is 351 g/mol. The molecular weight excluding hydrogens is 334 g/mol. The fourth-order valence-corrected chi connectivity index (χ4v) is 4.14. The van der Waals surface area contributed by atoms with Gasteiger partial charge in [0.2, 0.25) is 0 Å². The van der Waals surface area contributed by atoms with Gasteiger partial charge in [-0.3, -0.25) is 0 Å². The number of nitrogens with one attached hydrogen (secondary N) is 1. The third-order valence-corrected chi connectivity index (χ3v) is 5.73. The average molecular weight is 353 g/mol. The zero-order valence-electron chi connectivity index (χ0n) is 10.5. The van der Waals surface area contributed by atoms with Crippen LogP contribution in [0.25, 0.3) is 0 Å². The fourth-order valence-electron chi connectivity index (χ4n) is 2.26. The summed E-state index contributed by atoms with van der Waals surface area (Å²) in [7, 11) is 0. The van der Waals surface area contributed by atoms with E-state index >= 15 is 0 Å². The summed E-state index contributed by atoms with van der Waals surface area (Å²) in [6, 6.07) is 2.33. The predicted octanol–water partition coefficient (Wildman–Crippen LogP) is 4.77. The molecule has 0 bridgehead atoms. The summed E-state index contributed by atoms with van der Waals surface area (Å²) in [5.74, 6) is 0. The summed E-state index contributed by atoms with van der Waals surface area (Å²) in [4.78, 5) is 1.27. The van der Waals surface area contributed by atoms with Gasteiger partial charge in [-0.05, 0) is 54.2 Å². The predicted molar refractivity (Wildman–Crippen MR) is 81.7 cm³/mol. The molecule has 1 saturated heterocycles. The third kappa shape index (κ3) is 3.70. The molecule has 1 fully saturated rings. The Morgan fingerprint density at radius 2 is 2.44 bits per heavy atom. The second-order valence-corrected chi connectivity index (χ2v) is 7.42. The van der Waals surface area contributed by atoms with Gasteiger partial charge in [0, 0.05) is 11.5 Å². The Balaban J connectivity index is 2.12. The normalized spacial score (nSPS) is 22.1. The van der Waals surface area contributed by atoms with Crippen LogP contribution in [0, 0.1) is 0 Å². The maximum atomic E-state index is 6.14. The number of rotatable bonds is 5. The van der Waals surface area contributed by atoms with E-state index in [1.165, 1.54) is 17.7 Å². The van der Waals surface area contributed by atoms with Crippen molar-refractivity contribution < 1.29 is 4.74 Å². The molecular formula is C13H19BrClNOS. The summed E-state index contributed by atoms with van der Waals surface area (Å²) in [6.45, 7) is 4.08. The largest absolute Gasteiger partial charge is 0.376 e. The molecule has 102 valence electrons. The molecule has 0 aliphatic carbocycles. The van der Waals surface area contributed by atoms with Crippen LogP contribution in [-0.4, -0.2) is 19.3 Å². The highest BCUT2D eigenvalue weighted by Crippen LogP contribution is 2.38. The minimum absolute atomic E-state index is 0.277. The molecule has 2 nitrogen and oxygen atoms in total. The Hall–Kier alpha value is 0.390. The second-order valence-electron chi connectivity index (χ2n) is 4.61. The van der Waals surface area contributed by atoms with Crippen LogP contribution < -0.4 is 5.32 Å². The van der Waals surface area contributed by atoms with Gasteiger partial charge in [-0.2, -0.15) is 0 Å². The number of thiophene rings is 1. The molecule has 0 saturated carbocycles. The summed E-state index contributed by atoms with van der Waals surface area (Å²) in [5.41, 5.74) is 0. The Labute approximate surface area is 126 Å². The van der Waals surface area contributed by atoms with Gasteiger partial charge in [0.25, 0.3) is 0 Å². The van der Waals surface area contributed by atoms with Gasteiger partial charge >= 0.3 is 0 Å². The van der Waals surface area contributed by atoms with Crippen molar-refractivity contribution in [3.8, 4) is 0 Å². The maximum Gasteiger partial charge on any atom is 0.0888 e. The molecule has 2 unspecified atom stereocenters. The van der Waals surface area contributed by atoms with Crippen LogP contribution in [-0.2, 0) is 4.74 Å². The lowest BCUT2D eigenvalue weighted by Gasteiger charge is -2.30. The maximum absolute atomic E-state index is 6.14. The molecule has 0 aromatic carbocycles. The molecule has 1 aliphatic heterocycles. The summed E-state index contributed by atoms with van der Waals surface area (Å²) in [5, 5.41) is 4.40. The van der Waals surface area contributed by atoms with E-state index in [1.54, 1.807) is 11.3 Å². The lowest BCUT2D eigenvalue weighted by atomic mass is 10.0. The highest BCUT2D eigenvalue weighted by molar-refractivity contribution is 9.11. The first-order chi connectivity index (χ1) is 8.72. The number of ether oxygens (including phenoxy) is 1. The standard InChI is InChI=1S/C13H19BrClNOS/c1-2-6-16-12(10-5-3-4-7-17-10)11-8-9(15)13(14)18-11/h8,10,12,16H,2-7H2,1H3. The van der Waals surface area contributed by atoms with E-state index < -0.39 is 0 Å². The quantitative estimate of drug-likeness (QED) is 0.824. The van der Waals surface area contributed by atoms with Gasteiger partial charge in [0.05, 0.1) is 21.0 Å². The van der Waals surface area contributed by atoms with Crippen molar-refractivity contribution in [3.05, 3.63) is 19.8 Å². The van der Waals surface area contributed by atoms with Crippen molar-refractivity contribution >= 4 is 38.9 Å². The van der Waals surface area contributed by atoms with Gasteiger partial charge in [-0.25, -0.2) is 0 Å². The average Bonchev–Trinajstić information content (AvgIpc) is 2.71. The lowest BCUT2D eigenvalue weighted by Crippen LogP contribution is -2.35. The van der Waals surface area contributed by atoms with Gasteiger partial charge in [0.15, 0.2) is 0 Å². The smallest absolute Gasteiger partial charge is 0.0888 e. The molecule has 1 aromatic heterocycles. The zero-order chi connectivity index (χ0) is 13.0. The van der Waals surface area contributed by atoms with Crippen molar-refractivity contribution in [3.63, 3.8) is 0 Å². The topological polar surface area (TPSA) is 21.3 Å². The van der Waals surface area contributed by atoms with Gasteiger partial charge in [-0.15, -0.1) is 11.3 Å². The highest BCUT2D eigenvalue weighted by atomic mass is 79.9. The van der Waals surface area contributed by atoms with Crippen molar-refractivity contribution in [2.45, 2.75) is 44.8 Å². The first-order valence-electron chi connectivity index (χ1n) is 6.52. The fraction of sp³-hybridized carbons (Fsp3) is 0.692. The van der Waals surface area contributed by atoms with Crippen molar-refractivity contribution in [1.82, 2.24) is 5.32 Å². The highest BCUT2D eigenvalue weighted by Gasteiger charge is 2.27. The molecule has 0 radical (unpaired) electrons. The molecule has 1 aromatic rings. The second kappa shape index (κ2) is 7.25. The summed E-state index contributed by atoms with van der Waals surface area (Å²) < 4.78 is 6.94. The Kier molecular flexibility index (Phi) is 5.96. The summed E-state index contributed by atoms with van der Waals surface area (Å²) >= 11 is 11.3. The number of hydrogen-bond acceptors (Lipinski definition) is 3. The zero-order valence-corrected chi connectivity index (χ0v) is 13.7. The molecule has 0 spiro atoms. The molecule has 2 heterocycles. The number of halogens is 2. The molecule has 0 amide bonds. The number of hydrogen-bond donors (Lipinski definition) is 1. The van der Waals surface area contributed by atoms with E-state index in [0.29, 0.717) is 0 Å². The Morgan fingerprint density at radius 3 is 3.00 bits per heavy atom. The van der Waals surface area contributed by atoms with Crippen LogP contribution in [0.1, 0.15) is 43.5 Å². The molecule has 5 heteroatoms. The first-order valence-corrected chi connectivity index (χ1v) is 8.50. The van der Waals surface area contributed by atoms with Crippen LogP contribution in [0.15, 0.2) is 9.85 Å². The summed E-state index contributed by atoms with van der Waals surface area (Å²) in [6.07, 6.45) is 4.99. The van der Waals surface area contributed by atoms with E-state index in [-0.39, 0.29) is 12.1 Å². The lowest BCUT2D eigenvalue weighted by molar-refractivity contribution is -0.00740. The molecule has 18 heavy (non-hydrogen) atoms. The Bertz CT molecular complexity index is 360. The van der Waals surface area contributed by atoms with Gasteiger partial charge in [0.1, 0.15) is 0 Å². The van der Waals surface area contributed by atoms with Crippen molar-refractivity contribution in [1.29, 1.82) is 0 Å². The van der Waals surface area contributed by atoms with E-state index in [4.69, 9.17) is 16.3 Å². The van der Waals surface area contributed by atoms with Crippen molar-refractivity contribution in [2.75, 3.05) is 13.2 Å². The molecule has 2 atom stereocenters. The van der Waals surface area contributed by atoms with Gasteiger partial charge in [-0.1, -0.05) is 18.5 Å². The molecule has 1 N–H and O–H groups in total. The minimum Gasteiger partial charge on any atom is -0.376 e. The van der Waals surface area contributed by atoms with Crippen LogP contribution in [0.4, 0.5) is 0 Å². The third-order valence-electron chi connectivity index (χ3n) is 3.17. The molecule has 1 aliphatic rings. The SMILES string of the molecule is CCCNC(c1cc(Cl)c(Br)s1)C1CCCCO1. The first kappa shape index (κ1) is 14.8. The van der Waals surface area contributed by atoms with E-state index in [0.717, 1.165) is 34.8 Å². The molecule has 2 rings (SSSR count). The minimum atomic E-state index is 0.277. The van der Waals surface area contributed by atoms with Crippen LogP contribution in [0.2, 0.25) is 5.02 Å². The van der Waals surface area contributed by atoms with Crippen LogP contribution in [0.3, 0.4) is 0 Å². The van der Waals surface area contributed by atoms with Crippen LogP contribution >= 0.6 is 38.9 Å². The van der Waals surface area contributed by atoms with Crippen molar-refractivity contribution in [2.24, 2.45) is 0 Å².